The van der Waals surface area contributed by atoms with Crippen molar-refractivity contribution in [1.29, 1.82) is 0 Å². The molecule has 0 saturated carbocycles. The van der Waals surface area contributed by atoms with Crippen LogP contribution in [0.1, 0.15) is 19.4 Å². The first-order chi connectivity index (χ1) is 6.76. The van der Waals surface area contributed by atoms with Crippen molar-refractivity contribution in [3.63, 3.8) is 0 Å². The van der Waals surface area contributed by atoms with Crippen molar-refractivity contribution in [2.45, 2.75) is 26.3 Å². The van der Waals surface area contributed by atoms with E-state index >= 15 is 0 Å². The summed E-state index contributed by atoms with van der Waals surface area (Å²) in [6.45, 7) is 5.39. The fourth-order valence-corrected chi connectivity index (χ4v) is 1.58. The largest absolute Gasteiger partial charge is 0.388 e. The predicted octanol–water partition coefficient (Wildman–Crippen LogP) is 2.27. The Kier molecular flexibility index (Phi) is 4.47. The average molecular weight is 192 g/mol. The molecule has 2 nitrogen and oxygen atoms in total. The Balaban J connectivity index is 2.50. The molecule has 0 aliphatic carbocycles. The highest BCUT2D eigenvalue weighted by atomic mass is 14.9. The maximum atomic E-state index is 3.41. The van der Waals surface area contributed by atoms with Crippen LogP contribution in [0.25, 0.3) is 0 Å². The molecule has 0 radical (unpaired) electrons. The molecular formula is C12H20N2. The monoisotopic (exact) mass is 192 g/mol. The normalized spacial score (nSPS) is 12.5. The lowest BCUT2D eigenvalue weighted by molar-refractivity contribution is 0.565. The fraction of sp³-hybridized carbons (Fsp3) is 0.500. The summed E-state index contributed by atoms with van der Waals surface area (Å²) in [6, 6.07) is 9.15. The highest BCUT2D eigenvalue weighted by Crippen LogP contribution is 2.10. The second kappa shape index (κ2) is 5.66. The summed E-state index contributed by atoms with van der Waals surface area (Å²) in [7, 11) is 1.94. The van der Waals surface area contributed by atoms with Crippen molar-refractivity contribution in [3.05, 3.63) is 29.8 Å². The lowest BCUT2D eigenvalue weighted by atomic mass is 10.1. The molecule has 1 aromatic rings. The smallest absolute Gasteiger partial charge is 0.0337 e. The van der Waals surface area contributed by atoms with Crippen LogP contribution >= 0.6 is 0 Å². The topological polar surface area (TPSA) is 24.1 Å². The van der Waals surface area contributed by atoms with Gasteiger partial charge in [0.05, 0.1) is 0 Å². The molecule has 0 heterocycles. The number of anilines is 1. The van der Waals surface area contributed by atoms with E-state index < -0.39 is 0 Å². The third kappa shape index (κ3) is 3.38. The van der Waals surface area contributed by atoms with E-state index in [-0.39, 0.29) is 0 Å². The van der Waals surface area contributed by atoms with Crippen LogP contribution in [-0.2, 0) is 6.42 Å². The first-order valence-corrected chi connectivity index (χ1v) is 5.26. The molecule has 0 spiro atoms. The molecule has 0 fully saturated rings. The van der Waals surface area contributed by atoms with Gasteiger partial charge in [-0.2, -0.15) is 0 Å². The van der Waals surface area contributed by atoms with Crippen LogP contribution in [0, 0.1) is 0 Å². The van der Waals surface area contributed by atoms with Gasteiger partial charge in [0.2, 0.25) is 0 Å². The number of rotatable bonds is 5. The molecule has 0 aromatic heterocycles. The van der Waals surface area contributed by atoms with Crippen LogP contribution in [0.3, 0.4) is 0 Å². The third-order valence-corrected chi connectivity index (χ3v) is 2.34. The molecule has 78 valence electrons. The Bertz CT molecular complexity index is 254. The van der Waals surface area contributed by atoms with E-state index in [1.54, 1.807) is 0 Å². The van der Waals surface area contributed by atoms with Crippen molar-refractivity contribution >= 4 is 5.69 Å². The van der Waals surface area contributed by atoms with Gasteiger partial charge in [-0.1, -0.05) is 19.1 Å². The summed E-state index contributed by atoms with van der Waals surface area (Å²) in [4.78, 5) is 0. The van der Waals surface area contributed by atoms with Gasteiger partial charge in [-0.25, -0.2) is 0 Å². The highest BCUT2D eigenvalue weighted by molar-refractivity contribution is 5.43. The van der Waals surface area contributed by atoms with Gasteiger partial charge < -0.3 is 10.6 Å². The Morgan fingerprint density at radius 1 is 1.21 bits per heavy atom. The van der Waals surface area contributed by atoms with Gasteiger partial charge in [-0.05, 0) is 37.6 Å². The predicted molar refractivity (Wildman–Crippen MR) is 62.8 cm³/mol. The van der Waals surface area contributed by atoms with E-state index in [2.05, 4.69) is 48.7 Å². The van der Waals surface area contributed by atoms with Crippen molar-refractivity contribution in [1.82, 2.24) is 5.32 Å². The third-order valence-electron chi connectivity index (χ3n) is 2.34. The SMILES string of the molecule is CCNC(C)Cc1ccc(NC)cc1. The fourth-order valence-electron chi connectivity index (χ4n) is 1.58. The molecule has 2 heteroatoms. The summed E-state index contributed by atoms with van der Waals surface area (Å²) >= 11 is 0. The summed E-state index contributed by atoms with van der Waals surface area (Å²) < 4.78 is 0. The number of hydrogen-bond acceptors (Lipinski definition) is 2. The minimum absolute atomic E-state index is 0.556. The van der Waals surface area contributed by atoms with Crippen LogP contribution in [0.4, 0.5) is 5.69 Å². The Morgan fingerprint density at radius 2 is 1.86 bits per heavy atom. The van der Waals surface area contributed by atoms with E-state index in [0.717, 1.165) is 13.0 Å². The van der Waals surface area contributed by atoms with Crippen LogP contribution in [0.15, 0.2) is 24.3 Å². The summed E-state index contributed by atoms with van der Waals surface area (Å²) in [5.41, 5.74) is 2.56. The lowest BCUT2D eigenvalue weighted by Gasteiger charge is -2.12. The van der Waals surface area contributed by atoms with Gasteiger partial charge in [-0.15, -0.1) is 0 Å². The maximum absolute atomic E-state index is 3.41. The second-order valence-corrected chi connectivity index (χ2v) is 3.61. The Morgan fingerprint density at radius 3 is 2.36 bits per heavy atom. The molecule has 0 bridgehead atoms. The average Bonchev–Trinajstić information content (AvgIpc) is 2.19. The molecule has 0 aliphatic heterocycles. The molecule has 1 aromatic carbocycles. The minimum atomic E-state index is 0.556. The van der Waals surface area contributed by atoms with E-state index in [9.17, 15) is 0 Å². The van der Waals surface area contributed by atoms with Gasteiger partial charge >= 0.3 is 0 Å². The Hall–Kier alpha value is -1.02. The molecule has 0 saturated heterocycles. The standard InChI is InChI=1S/C12H20N2/c1-4-14-10(2)9-11-5-7-12(13-3)8-6-11/h5-8,10,13-14H,4,9H2,1-3H3. The zero-order valence-electron chi connectivity index (χ0n) is 9.30. The number of nitrogens with one attached hydrogen (secondary N) is 2. The zero-order valence-corrected chi connectivity index (χ0v) is 9.30. The van der Waals surface area contributed by atoms with Crippen molar-refractivity contribution < 1.29 is 0 Å². The van der Waals surface area contributed by atoms with E-state index in [1.165, 1.54) is 11.3 Å². The molecule has 0 aliphatic rings. The van der Waals surface area contributed by atoms with Crippen LogP contribution in [0.2, 0.25) is 0 Å². The summed E-state index contributed by atoms with van der Waals surface area (Å²) in [5, 5.41) is 6.52. The zero-order chi connectivity index (χ0) is 10.4. The summed E-state index contributed by atoms with van der Waals surface area (Å²) in [6.07, 6.45) is 1.10. The maximum Gasteiger partial charge on any atom is 0.0337 e. The van der Waals surface area contributed by atoms with Crippen LogP contribution < -0.4 is 10.6 Å². The highest BCUT2D eigenvalue weighted by Gasteiger charge is 2.00. The first-order valence-electron chi connectivity index (χ1n) is 5.26. The van der Waals surface area contributed by atoms with E-state index in [0.29, 0.717) is 6.04 Å². The van der Waals surface area contributed by atoms with E-state index in [1.807, 2.05) is 7.05 Å². The summed E-state index contributed by atoms with van der Waals surface area (Å²) in [5.74, 6) is 0. The van der Waals surface area contributed by atoms with E-state index in [4.69, 9.17) is 0 Å². The molecule has 1 rings (SSSR count). The first kappa shape index (κ1) is 11.1. The number of hydrogen-bond donors (Lipinski definition) is 2. The van der Waals surface area contributed by atoms with Gasteiger partial charge in [0.25, 0.3) is 0 Å². The van der Waals surface area contributed by atoms with Crippen molar-refractivity contribution in [2.24, 2.45) is 0 Å². The molecule has 14 heavy (non-hydrogen) atoms. The molecule has 2 N–H and O–H groups in total. The van der Waals surface area contributed by atoms with Crippen molar-refractivity contribution in [3.8, 4) is 0 Å². The molecular weight excluding hydrogens is 172 g/mol. The van der Waals surface area contributed by atoms with Crippen molar-refractivity contribution in [2.75, 3.05) is 18.9 Å². The van der Waals surface area contributed by atoms with Gasteiger partial charge in [0, 0.05) is 18.8 Å². The van der Waals surface area contributed by atoms with Crippen LogP contribution in [-0.4, -0.2) is 19.6 Å². The molecule has 1 unspecified atom stereocenters. The molecule has 1 atom stereocenters. The lowest BCUT2D eigenvalue weighted by Crippen LogP contribution is -2.27. The molecule has 0 amide bonds. The Labute approximate surface area is 86.7 Å². The number of likely N-dealkylation sites (N-methyl/N-ethyl adjacent to an activating group) is 1. The quantitative estimate of drug-likeness (QED) is 0.748. The second-order valence-electron chi connectivity index (χ2n) is 3.61. The van der Waals surface area contributed by atoms with Gasteiger partial charge in [0.1, 0.15) is 0 Å². The minimum Gasteiger partial charge on any atom is -0.388 e. The number of benzene rings is 1. The van der Waals surface area contributed by atoms with Gasteiger partial charge in [0.15, 0.2) is 0 Å². The van der Waals surface area contributed by atoms with Gasteiger partial charge in [-0.3, -0.25) is 0 Å². The van der Waals surface area contributed by atoms with Crippen LogP contribution in [0.5, 0.6) is 0 Å².